The summed E-state index contributed by atoms with van der Waals surface area (Å²) in [6.45, 7) is 4.86. The zero-order valence-electron chi connectivity index (χ0n) is 11.2. The van der Waals surface area contributed by atoms with Crippen LogP contribution in [0.4, 0.5) is 4.79 Å². The highest BCUT2D eigenvalue weighted by Gasteiger charge is 2.24. The maximum Gasteiger partial charge on any atom is 0.315 e. The number of hydrogen-bond acceptors (Lipinski definition) is 1. The second-order valence-electron chi connectivity index (χ2n) is 5.33. The molecular formula is C15H22N2O. The predicted molar refractivity (Wildman–Crippen MR) is 73.4 cm³/mol. The van der Waals surface area contributed by atoms with Crippen molar-refractivity contribution >= 4 is 6.03 Å². The van der Waals surface area contributed by atoms with E-state index in [-0.39, 0.29) is 6.03 Å². The molecule has 0 bridgehead atoms. The van der Waals surface area contributed by atoms with Crippen molar-refractivity contribution in [3.8, 4) is 0 Å². The van der Waals surface area contributed by atoms with Crippen LogP contribution in [0, 0.1) is 12.8 Å². The normalized spacial score (nSPS) is 22.8. The summed E-state index contributed by atoms with van der Waals surface area (Å²) in [4.78, 5) is 11.8. The van der Waals surface area contributed by atoms with E-state index in [4.69, 9.17) is 0 Å². The van der Waals surface area contributed by atoms with Crippen molar-refractivity contribution in [1.29, 1.82) is 0 Å². The molecule has 18 heavy (non-hydrogen) atoms. The maximum atomic E-state index is 11.8. The first-order valence-corrected chi connectivity index (χ1v) is 6.75. The smallest absolute Gasteiger partial charge is 0.315 e. The second kappa shape index (κ2) is 5.89. The lowest BCUT2D eigenvalue weighted by molar-refractivity contribution is 0.234. The first-order chi connectivity index (χ1) is 8.65. The molecule has 1 aromatic carbocycles. The molecule has 1 fully saturated rings. The summed E-state index contributed by atoms with van der Waals surface area (Å²) in [5, 5.41) is 5.98. The van der Waals surface area contributed by atoms with Crippen LogP contribution in [0.5, 0.6) is 0 Å². The molecule has 1 aromatic rings. The van der Waals surface area contributed by atoms with Crippen molar-refractivity contribution in [2.24, 2.45) is 5.92 Å². The minimum Gasteiger partial charge on any atom is -0.335 e. The molecule has 3 nitrogen and oxygen atoms in total. The number of amides is 2. The van der Waals surface area contributed by atoms with Gasteiger partial charge in [0.1, 0.15) is 0 Å². The van der Waals surface area contributed by atoms with Crippen molar-refractivity contribution in [2.75, 3.05) is 0 Å². The first kappa shape index (κ1) is 12.9. The van der Waals surface area contributed by atoms with Gasteiger partial charge >= 0.3 is 6.03 Å². The molecule has 1 saturated carbocycles. The second-order valence-corrected chi connectivity index (χ2v) is 5.33. The molecule has 0 heterocycles. The third-order valence-electron chi connectivity index (χ3n) is 3.75. The molecule has 0 radical (unpaired) electrons. The molecule has 2 rings (SSSR count). The lowest BCUT2D eigenvalue weighted by atomic mass is 10.1. The number of nitrogens with one attached hydrogen (secondary N) is 2. The molecule has 1 aliphatic carbocycles. The van der Waals surface area contributed by atoms with Gasteiger partial charge in [0.2, 0.25) is 0 Å². The zero-order valence-corrected chi connectivity index (χ0v) is 11.2. The number of benzene rings is 1. The van der Waals surface area contributed by atoms with Crippen LogP contribution in [0.25, 0.3) is 0 Å². The Labute approximate surface area is 109 Å². The van der Waals surface area contributed by atoms with E-state index in [1.54, 1.807) is 0 Å². The van der Waals surface area contributed by atoms with Crippen LogP contribution in [0.3, 0.4) is 0 Å². The standard InChI is InChI=1S/C15H22N2O/c1-11-6-8-13(9-7-11)10-16-15(18)17-14-5-3-4-12(14)2/h6-9,12,14H,3-5,10H2,1-2H3,(H2,16,17,18). The molecule has 98 valence electrons. The fourth-order valence-electron chi connectivity index (χ4n) is 2.47. The lowest BCUT2D eigenvalue weighted by Crippen LogP contribution is -2.42. The van der Waals surface area contributed by atoms with E-state index in [0.717, 1.165) is 12.0 Å². The van der Waals surface area contributed by atoms with E-state index in [0.29, 0.717) is 18.5 Å². The van der Waals surface area contributed by atoms with Gasteiger partial charge in [0, 0.05) is 12.6 Å². The van der Waals surface area contributed by atoms with E-state index >= 15 is 0 Å². The average Bonchev–Trinajstić information content (AvgIpc) is 2.74. The molecule has 3 heteroatoms. The Morgan fingerprint density at radius 1 is 1.28 bits per heavy atom. The molecule has 0 aliphatic heterocycles. The minimum atomic E-state index is -0.0469. The fraction of sp³-hybridized carbons (Fsp3) is 0.533. The highest BCUT2D eigenvalue weighted by molar-refractivity contribution is 5.74. The molecule has 0 aromatic heterocycles. The van der Waals surface area contributed by atoms with Gasteiger partial charge in [-0.1, -0.05) is 43.2 Å². The van der Waals surface area contributed by atoms with Gasteiger partial charge < -0.3 is 10.6 Å². The Hall–Kier alpha value is -1.51. The van der Waals surface area contributed by atoms with Gasteiger partial charge in [0.25, 0.3) is 0 Å². The lowest BCUT2D eigenvalue weighted by Gasteiger charge is -2.17. The zero-order chi connectivity index (χ0) is 13.0. The van der Waals surface area contributed by atoms with Gasteiger partial charge in [-0.25, -0.2) is 4.79 Å². The number of hydrogen-bond donors (Lipinski definition) is 2. The molecule has 1 aliphatic rings. The van der Waals surface area contributed by atoms with Crippen molar-refractivity contribution in [3.05, 3.63) is 35.4 Å². The largest absolute Gasteiger partial charge is 0.335 e. The predicted octanol–water partition coefficient (Wildman–Crippen LogP) is 2.98. The van der Waals surface area contributed by atoms with Gasteiger partial charge in [0.15, 0.2) is 0 Å². The van der Waals surface area contributed by atoms with Gasteiger partial charge in [-0.3, -0.25) is 0 Å². The highest BCUT2D eigenvalue weighted by Crippen LogP contribution is 2.24. The molecule has 2 amide bonds. The molecular weight excluding hydrogens is 224 g/mol. The molecule has 0 saturated heterocycles. The van der Waals surface area contributed by atoms with E-state index in [2.05, 4.69) is 36.6 Å². The highest BCUT2D eigenvalue weighted by atomic mass is 16.2. The van der Waals surface area contributed by atoms with Gasteiger partial charge in [-0.2, -0.15) is 0 Å². The van der Waals surface area contributed by atoms with Crippen LogP contribution in [0.1, 0.15) is 37.3 Å². The summed E-state index contributed by atoms with van der Waals surface area (Å²) in [5.74, 6) is 0.607. The van der Waals surface area contributed by atoms with Crippen molar-refractivity contribution in [2.45, 2.75) is 45.7 Å². The number of aryl methyl sites for hydroxylation is 1. The van der Waals surface area contributed by atoms with E-state index in [1.807, 2.05) is 12.1 Å². The topological polar surface area (TPSA) is 41.1 Å². The SMILES string of the molecule is Cc1ccc(CNC(=O)NC2CCCC2C)cc1. The molecule has 0 spiro atoms. The maximum absolute atomic E-state index is 11.8. The quantitative estimate of drug-likeness (QED) is 0.845. The number of carbonyl (C=O) groups excluding carboxylic acids is 1. The van der Waals surface area contributed by atoms with Crippen LogP contribution < -0.4 is 10.6 Å². The van der Waals surface area contributed by atoms with Crippen LogP contribution >= 0.6 is 0 Å². The van der Waals surface area contributed by atoms with Crippen molar-refractivity contribution in [1.82, 2.24) is 10.6 Å². The third-order valence-corrected chi connectivity index (χ3v) is 3.75. The van der Waals surface area contributed by atoms with Crippen LogP contribution in [-0.2, 0) is 6.54 Å². The van der Waals surface area contributed by atoms with Crippen molar-refractivity contribution < 1.29 is 4.79 Å². The summed E-state index contributed by atoms with van der Waals surface area (Å²) < 4.78 is 0. The minimum absolute atomic E-state index is 0.0469. The van der Waals surface area contributed by atoms with Gasteiger partial charge in [-0.05, 0) is 31.2 Å². The third kappa shape index (κ3) is 3.49. The van der Waals surface area contributed by atoms with Crippen molar-refractivity contribution in [3.63, 3.8) is 0 Å². The van der Waals surface area contributed by atoms with E-state index in [9.17, 15) is 4.79 Å². The Kier molecular flexibility index (Phi) is 4.24. The number of urea groups is 1. The number of carbonyl (C=O) groups is 1. The molecule has 2 N–H and O–H groups in total. The Morgan fingerprint density at radius 3 is 2.61 bits per heavy atom. The monoisotopic (exact) mass is 246 g/mol. The Balaban J connectivity index is 1.76. The summed E-state index contributed by atoms with van der Waals surface area (Å²) >= 11 is 0. The summed E-state index contributed by atoms with van der Waals surface area (Å²) in [6.07, 6.45) is 3.56. The summed E-state index contributed by atoms with van der Waals surface area (Å²) in [5.41, 5.74) is 2.37. The van der Waals surface area contributed by atoms with E-state index < -0.39 is 0 Å². The van der Waals surface area contributed by atoms with Gasteiger partial charge in [0.05, 0.1) is 0 Å². The molecule has 2 atom stereocenters. The summed E-state index contributed by atoms with van der Waals surface area (Å²) in [6, 6.07) is 8.53. The summed E-state index contributed by atoms with van der Waals surface area (Å²) in [7, 11) is 0. The number of rotatable bonds is 3. The first-order valence-electron chi connectivity index (χ1n) is 6.75. The average molecular weight is 246 g/mol. The van der Waals surface area contributed by atoms with Crippen LogP contribution in [-0.4, -0.2) is 12.1 Å². The molecule has 2 unspecified atom stereocenters. The van der Waals surface area contributed by atoms with Crippen LogP contribution in [0.2, 0.25) is 0 Å². The van der Waals surface area contributed by atoms with Gasteiger partial charge in [-0.15, -0.1) is 0 Å². The fourth-order valence-corrected chi connectivity index (χ4v) is 2.47. The Bertz CT molecular complexity index is 399. The Morgan fingerprint density at radius 2 is 2.00 bits per heavy atom. The van der Waals surface area contributed by atoms with Crippen LogP contribution in [0.15, 0.2) is 24.3 Å². The van der Waals surface area contributed by atoms with E-state index in [1.165, 1.54) is 18.4 Å².